The molecule has 0 amide bonds. The lowest BCUT2D eigenvalue weighted by atomic mass is 10.2. The third-order valence-electron chi connectivity index (χ3n) is 3.06. The van der Waals surface area contributed by atoms with Crippen LogP contribution in [-0.4, -0.2) is 18.3 Å². The van der Waals surface area contributed by atoms with E-state index in [0.29, 0.717) is 19.6 Å². The van der Waals surface area contributed by atoms with E-state index in [1.165, 1.54) is 0 Å². The molecule has 0 aliphatic rings. The van der Waals surface area contributed by atoms with Crippen molar-refractivity contribution in [2.24, 2.45) is 0 Å². The Bertz CT molecular complexity index is 555. The molecule has 0 aliphatic heterocycles. The van der Waals surface area contributed by atoms with Crippen LogP contribution >= 0.6 is 0 Å². The predicted octanol–water partition coefficient (Wildman–Crippen LogP) is 2.50. The maximum absolute atomic E-state index is 9.38. The number of hydrogen-bond acceptors (Lipinski definition) is 4. The summed E-state index contributed by atoms with van der Waals surface area (Å²) in [5, 5.41) is 12.6. The fraction of sp³-hybridized carbons (Fsp3) is 0.294. The first-order chi connectivity index (χ1) is 10.3. The van der Waals surface area contributed by atoms with Crippen LogP contribution in [-0.2, 0) is 6.54 Å². The van der Waals surface area contributed by atoms with E-state index in [0.717, 1.165) is 17.1 Å². The molecule has 1 heterocycles. The molecule has 2 aromatic rings. The van der Waals surface area contributed by atoms with Gasteiger partial charge in [-0.1, -0.05) is 12.1 Å². The van der Waals surface area contributed by atoms with Crippen molar-refractivity contribution >= 4 is 0 Å². The van der Waals surface area contributed by atoms with Crippen LogP contribution in [0.25, 0.3) is 0 Å². The Balaban J connectivity index is 1.84. The van der Waals surface area contributed by atoms with Crippen molar-refractivity contribution in [2.45, 2.75) is 19.0 Å². The number of rotatable bonds is 8. The van der Waals surface area contributed by atoms with Gasteiger partial charge in [-0.3, -0.25) is 0 Å². The maximum Gasteiger partial charge on any atom is 0.123 e. The van der Waals surface area contributed by atoms with Crippen LogP contribution < -0.4 is 10.1 Å². The molecule has 1 aromatic carbocycles. The Kier molecular flexibility index (Phi) is 5.89. The Morgan fingerprint density at radius 3 is 2.71 bits per heavy atom. The fourth-order valence-electron chi connectivity index (χ4n) is 1.92. The van der Waals surface area contributed by atoms with Crippen LogP contribution in [0, 0.1) is 12.3 Å². The molecule has 4 heteroatoms. The molecular weight excluding hydrogens is 266 g/mol. The highest BCUT2D eigenvalue weighted by molar-refractivity contribution is 5.27. The second-order valence-corrected chi connectivity index (χ2v) is 4.58. The van der Waals surface area contributed by atoms with E-state index in [1.54, 1.807) is 6.26 Å². The molecule has 4 nitrogen and oxygen atoms in total. The number of aliphatic hydroxyl groups is 1. The van der Waals surface area contributed by atoms with Crippen molar-refractivity contribution in [3.63, 3.8) is 0 Å². The number of aliphatic hydroxyl groups excluding tert-OH is 1. The van der Waals surface area contributed by atoms with Crippen LogP contribution in [0.4, 0.5) is 0 Å². The van der Waals surface area contributed by atoms with E-state index < -0.39 is 0 Å². The number of ether oxygens (including phenoxy) is 1. The van der Waals surface area contributed by atoms with E-state index in [4.69, 9.17) is 15.6 Å². The maximum atomic E-state index is 9.38. The summed E-state index contributed by atoms with van der Waals surface area (Å²) in [6.07, 6.45) is 7.37. The molecule has 0 saturated heterocycles. The van der Waals surface area contributed by atoms with E-state index in [2.05, 4.69) is 11.2 Å². The highest BCUT2D eigenvalue weighted by atomic mass is 16.5. The molecule has 21 heavy (non-hydrogen) atoms. The number of benzene rings is 1. The molecule has 1 atom stereocenters. The van der Waals surface area contributed by atoms with Gasteiger partial charge in [0, 0.05) is 13.0 Å². The topological polar surface area (TPSA) is 54.6 Å². The van der Waals surface area contributed by atoms with Gasteiger partial charge in [0.15, 0.2) is 0 Å². The molecule has 0 bridgehead atoms. The van der Waals surface area contributed by atoms with Gasteiger partial charge in [0.25, 0.3) is 0 Å². The summed E-state index contributed by atoms with van der Waals surface area (Å²) < 4.78 is 10.8. The second-order valence-electron chi connectivity index (χ2n) is 4.58. The van der Waals surface area contributed by atoms with Gasteiger partial charge in [-0.2, -0.15) is 0 Å². The van der Waals surface area contributed by atoms with Crippen LogP contribution in [0.2, 0.25) is 0 Å². The van der Waals surface area contributed by atoms with Gasteiger partial charge in [0.1, 0.15) is 11.5 Å². The van der Waals surface area contributed by atoms with Crippen molar-refractivity contribution in [2.75, 3.05) is 13.2 Å². The first-order valence-corrected chi connectivity index (χ1v) is 6.86. The Labute approximate surface area is 124 Å². The van der Waals surface area contributed by atoms with Gasteiger partial charge in [-0.05, 0) is 29.8 Å². The number of terminal acetylenes is 1. The van der Waals surface area contributed by atoms with Gasteiger partial charge in [-0.15, -0.1) is 12.3 Å². The zero-order valence-electron chi connectivity index (χ0n) is 11.8. The summed E-state index contributed by atoms with van der Waals surface area (Å²) in [5.74, 6) is 4.07. The minimum Gasteiger partial charge on any atom is -0.493 e. The Hall–Kier alpha value is -2.22. The SMILES string of the molecule is C#CCCOc1ccc(CNC(CO)c2ccco2)cc1. The smallest absolute Gasteiger partial charge is 0.123 e. The molecule has 0 radical (unpaired) electrons. The van der Waals surface area contributed by atoms with Gasteiger partial charge in [0.05, 0.1) is 25.5 Å². The average molecular weight is 285 g/mol. The molecule has 0 fully saturated rings. The summed E-state index contributed by atoms with van der Waals surface area (Å²) in [7, 11) is 0. The van der Waals surface area contributed by atoms with Crippen molar-refractivity contribution in [1.29, 1.82) is 0 Å². The largest absolute Gasteiger partial charge is 0.493 e. The highest BCUT2D eigenvalue weighted by Crippen LogP contribution is 2.15. The summed E-state index contributed by atoms with van der Waals surface area (Å²) in [6, 6.07) is 11.2. The average Bonchev–Trinajstić information content (AvgIpc) is 3.04. The van der Waals surface area contributed by atoms with Gasteiger partial charge in [0.2, 0.25) is 0 Å². The van der Waals surface area contributed by atoms with Crippen molar-refractivity contribution in [3.8, 4) is 18.1 Å². The van der Waals surface area contributed by atoms with Crippen LogP contribution in [0.15, 0.2) is 47.1 Å². The molecule has 2 rings (SSSR count). The first kappa shape index (κ1) is 15.2. The predicted molar refractivity (Wildman–Crippen MR) is 80.8 cm³/mol. The van der Waals surface area contributed by atoms with Crippen molar-refractivity contribution < 1.29 is 14.3 Å². The monoisotopic (exact) mass is 285 g/mol. The van der Waals surface area contributed by atoms with Crippen molar-refractivity contribution in [1.82, 2.24) is 5.32 Å². The van der Waals surface area contributed by atoms with Crippen LogP contribution in [0.3, 0.4) is 0 Å². The Morgan fingerprint density at radius 2 is 2.10 bits per heavy atom. The van der Waals surface area contributed by atoms with E-state index in [1.807, 2.05) is 36.4 Å². The van der Waals surface area contributed by atoms with Crippen molar-refractivity contribution in [3.05, 3.63) is 54.0 Å². The minimum atomic E-state index is -0.202. The number of nitrogens with one attached hydrogen (secondary N) is 1. The third kappa shape index (κ3) is 4.67. The van der Waals surface area contributed by atoms with E-state index in [9.17, 15) is 5.11 Å². The molecule has 1 aromatic heterocycles. The number of hydrogen-bond donors (Lipinski definition) is 2. The van der Waals surface area contributed by atoms with Crippen LogP contribution in [0.5, 0.6) is 5.75 Å². The van der Waals surface area contributed by atoms with E-state index >= 15 is 0 Å². The standard InChI is InChI=1S/C17H19NO3/c1-2-3-10-20-15-8-6-14(7-9-15)12-18-16(13-19)17-5-4-11-21-17/h1,4-9,11,16,18-19H,3,10,12-13H2. The van der Waals surface area contributed by atoms with Crippen LogP contribution in [0.1, 0.15) is 23.8 Å². The molecule has 0 spiro atoms. The summed E-state index contributed by atoms with van der Waals surface area (Å²) >= 11 is 0. The quantitative estimate of drug-likeness (QED) is 0.578. The lowest BCUT2D eigenvalue weighted by Crippen LogP contribution is -2.23. The summed E-state index contributed by atoms with van der Waals surface area (Å²) in [6.45, 7) is 1.15. The van der Waals surface area contributed by atoms with Gasteiger partial charge in [-0.25, -0.2) is 0 Å². The second kappa shape index (κ2) is 8.15. The zero-order valence-corrected chi connectivity index (χ0v) is 11.8. The minimum absolute atomic E-state index is 0.0131. The highest BCUT2D eigenvalue weighted by Gasteiger charge is 2.12. The van der Waals surface area contributed by atoms with E-state index in [-0.39, 0.29) is 12.6 Å². The molecule has 0 aliphatic carbocycles. The molecule has 1 unspecified atom stereocenters. The lowest BCUT2D eigenvalue weighted by molar-refractivity contribution is 0.225. The summed E-state index contributed by atoms with van der Waals surface area (Å²) in [4.78, 5) is 0. The lowest BCUT2D eigenvalue weighted by Gasteiger charge is -2.14. The first-order valence-electron chi connectivity index (χ1n) is 6.86. The summed E-state index contributed by atoms with van der Waals surface area (Å²) in [5.41, 5.74) is 1.10. The molecule has 2 N–H and O–H groups in total. The molecule has 110 valence electrons. The number of furan rings is 1. The zero-order chi connectivity index (χ0) is 14.9. The third-order valence-corrected chi connectivity index (χ3v) is 3.06. The molecule has 0 saturated carbocycles. The van der Waals surface area contributed by atoms with Gasteiger partial charge >= 0.3 is 0 Å². The van der Waals surface area contributed by atoms with Gasteiger partial charge < -0.3 is 19.6 Å². The normalized spacial score (nSPS) is 11.8. The molecular formula is C17H19NO3. The fourth-order valence-corrected chi connectivity index (χ4v) is 1.92. The Morgan fingerprint density at radius 1 is 1.29 bits per heavy atom.